The Kier molecular flexibility index (Phi) is 4.95. The van der Waals surface area contributed by atoms with Gasteiger partial charge in [0.2, 0.25) is 0 Å². The maximum Gasteiger partial charge on any atom is 0.419 e. The molecular formula is C12H17F3N2O. The van der Waals surface area contributed by atoms with Gasteiger partial charge in [0, 0.05) is 13.3 Å². The Bertz CT molecular complexity index is 380. The molecule has 0 bridgehead atoms. The molecule has 1 aromatic heterocycles. The summed E-state index contributed by atoms with van der Waals surface area (Å²) < 4.78 is 43.3. The molecule has 1 atom stereocenters. The van der Waals surface area contributed by atoms with E-state index in [1.807, 2.05) is 13.8 Å². The first-order valence-electron chi connectivity index (χ1n) is 5.64. The molecule has 0 spiro atoms. The minimum absolute atomic E-state index is 0.132. The minimum atomic E-state index is -4.41. The monoisotopic (exact) mass is 262 g/mol. The van der Waals surface area contributed by atoms with Crippen molar-refractivity contribution in [2.45, 2.75) is 26.1 Å². The number of pyridine rings is 1. The highest BCUT2D eigenvalue weighted by molar-refractivity contribution is 5.46. The molecule has 6 heteroatoms. The first-order chi connectivity index (χ1) is 8.36. The van der Waals surface area contributed by atoms with Crippen LogP contribution in [-0.4, -0.2) is 24.7 Å². The van der Waals surface area contributed by atoms with Crippen molar-refractivity contribution in [3.63, 3.8) is 0 Å². The van der Waals surface area contributed by atoms with Crippen LogP contribution in [-0.2, 0) is 10.9 Å². The van der Waals surface area contributed by atoms with Crippen molar-refractivity contribution in [1.82, 2.24) is 4.98 Å². The Hall–Kier alpha value is -1.30. The Morgan fingerprint density at radius 1 is 1.39 bits per heavy atom. The summed E-state index contributed by atoms with van der Waals surface area (Å²) in [6.45, 7) is 4.14. The van der Waals surface area contributed by atoms with E-state index in [0.29, 0.717) is 6.61 Å². The number of rotatable bonds is 5. The van der Waals surface area contributed by atoms with Crippen LogP contribution >= 0.6 is 0 Å². The average molecular weight is 262 g/mol. The number of ether oxygens (including phenoxy) is 1. The highest BCUT2D eigenvalue weighted by Gasteiger charge is 2.34. The number of aromatic nitrogens is 1. The lowest BCUT2D eigenvalue weighted by Crippen LogP contribution is -2.31. The zero-order valence-electron chi connectivity index (χ0n) is 10.6. The summed E-state index contributed by atoms with van der Waals surface area (Å²) in [7, 11) is 1.51. The van der Waals surface area contributed by atoms with E-state index in [1.54, 1.807) is 0 Å². The number of alkyl halides is 3. The van der Waals surface area contributed by atoms with Gasteiger partial charge in [-0.1, -0.05) is 13.8 Å². The maximum absolute atomic E-state index is 12.8. The molecule has 0 aliphatic carbocycles. The summed E-state index contributed by atoms with van der Waals surface area (Å²) in [4.78, 5) is 3.76. The third-order valence-electron chi connectivity index (χ3n) is 2.59. The summed E-state index contributed by atoms with van der Waals surface area (Å²) in [5.41, 5.74) is -0.758. The van der Waals surface area contributed by atoms with Crippen molar-refractivity contribution in [2.75, 3.05) is 19.0 Å². The van der Waals surface area contributed by atoms with Crippen LogP contribution in [0.3, 0.4) is 0 Å². The lowest BCUT2D eigenvalue weighted by atomic mass is 10.1. The smallest absolute Gasteiger partial charge is 0.383 e. The first-order valence-corrected chi connectivity index (χ1v) is 5.64. The van der Waals surface area contributed by atoms with Gasteiger partial charge in [-0.2, -0.15) is 13.2 Å². The predicted molar refractivity (Wildman–Crippen MR) is 63.4 cm³/mol. The Labute approximate surface area is 104 Å². The van der Waals surface area contributed by atoms with E-state index in [1.165, 1.54) is 19.4 Å². The summed E-state index contributed by atoms with van der Waals surface area (Å²) >= 11 is 0. The molecule has 0 amide bonds. The second-order valence-electron chi connectivity index (χ2n) is 4.35. The molecule has 0 radical (unpaired) electrons. The molecule has 102 valence electrons. The fourth-order valence-corrected chi connectivity index (χ4v) is 1.51. The van der Waals surface area contributed by atoms with Gasteiger partial charge in [-0.15, -0.1) is 0 Å². The van der Waals surface area contributed by atoms with Crippen molar-refractivity contribution in [2.24, 2.45) is 5.92 Å². The van der Waals surface area contributed by atoms with Gasteiger partial charge in [0.05, 0.1) is 18.2 Å². The van der Waals surface area contributed by atoms with Crippen LogP contribution in [0.5, 0.6) is 0 Å². The molecule has 1 rings (SSSR count). The molecule has 0 saturated heterocycles. The van der Waals surface area contributed by atoms with Gasteiger partial charge in [-0.25, -0.2) is 4.98 Å². The third-order valence-corrected chi connectivity index (χ3v) is 2.59. The van der Waals surface area contributed by atoms with E-state index in [-0.39, 0.29) is 17.8 Å². The van der Waals surface area contributed by atoms with E-state index in [4.69, 9.17) is 4.74 Å². The molecule has 1 unspecified atom stereocenters. The zero-order chi connectivity index (χ0) is 13.8. The first kappa shape index (κ1) is 14.8. The van der Waals surface area contributed by atoms with E-state index in [9.17, 15) is 13.2 Å². The Morgan fingerprint density at radius 3 is 2.56 bits per heavy atom. The number of nitrogens with zero attached hydrogens (tertiary/aromatic N) is 1. The highest BCUT2D eigenvalue weighted by Crippen LogP contribution is 2.33. The third kappa shape index (κ3) is 3.87. The average Bonchev–Trinajstić information content (AvgIpc) is 2.27. The topological polar surface area (TPSA) is 34.1 Å². The van der Waals surface area contributed by atoms with Crippen LogP contribution in [0, 0.1) is 5.92 Å². The molecule has 1 heterocycles. The van der Waals surface area contributed by atoms with Crippen LogP contribution in [0.1, 0.15) is 19.4 Å². The zero-order valence-corrected chi connectivity index (χ0v) is 10.6. The van der Waals surface area contributed by atoms with Crippen molar-refractivity contribution < 1.29 is 17.9 Å². The van der Waals surface area contributed by atoms with Crippen LogP contribution < -0.4 is 5.32 Å². The van der Waals surface area contributed by atoms with Crippen molar-refractivity contribution in [3.05, 3.63) is 23.9 Å². The van der Waals surface area contributed by atoms with Gasteiger partial charge < -0.3 is 10.1 Å². The van der Waals surface area contributed by atoms with Crippen molar-refractivity contribution >= 4 is 5.82 Å². The molecule has 0 aliphatic heterocycles. The molecule has 0 aliphatic rings. The normalized spacial score (nSPS) is 13.7. The van der Waals surface area contributed by atoms with Gasteiger partial charge in [0.15, 0.2) is 0 Å². The molecule has 0 fully saturated rings. The number of hydrogen-bond acceptors (Lipinski definition) is 3. The van der Waals surface area contributed by atoms with Gasteiger partial charge in [-0.05, 0) is 18.1 Å². The highest BCUT2D eigenvalue weighted by atomic mass is 19.4. The van der Waals surface area contributed by atoms with Crippen LogP contribution in [0.25, 0.3) is 0 Å². The predicted octanol–water partition coefficient (Wildman–Crippen LogP) is 3.18. The van der Waals surface area contributed by atoms with Gasteiger partial charge in [-0.3, -0.25) is 0 Å². The molecular weight excluding hydrogens is 245 g/mol. The van der Waals surface area contributed by atoms with E-state index in [2.05, 4.69) is 10.3 Å². The number of anilines is 1. The van der Waals surface area contributed by atoms with Crippen LogP contribution in [0.4, 0.5) is 19.0 Å². The SMILES string of the molecule is COCC(Nc1ncccc1C(F)(F)F)C(C)C. The number of hydrogen-bond donors (Lipinski definition) is 1. The second-order valence-corrected chi connectivity index (χ2v) is 4.35. The van der Waals surface area contributed by atoms with Crippen molar-refractivity contribution in [1.29, 1.82) is 0 Å². The Balaban J connectivity index is 2.96. The van der Waals surface area contributed by atoms with Crippen molar-refractivity contribution in [3.8, 4) is 0 Å². The number of nitrogens with one attached hydrogen (secondary N) is 1. The summed E-state index contributed by atoms with van der Waals surface area (Å²) in [5.74, 6) is -0.0196. The standard InChI is InChI=1S/C12H17F3N2O/c1-8(2)10(7-18-3)17-11-9(12(13,14)15)5-4-6-16-11/h4-6,8,10H,7H2,1-3H3,(H,16,17). The fourth-order valence-electron chi connectivity index (χ4n) is 1.51. The molecule has 0 aromatic carbocycles. The second kappa shape index (κ2) is 6.04. The lowest BCUT2D eigenvalue weighted by Gasteiger charge is -2.23. The maximum atomic E-state index is 12.8. The molecule has 1 aromatic rings. The minimum Gasteiger partial charge on any atom is -0.383 e. The Morgan fingerprint density at radius 2 is 2.06 bits per heavy atom. The quantitative estimate of drug-likeness (QED) is 0.885. The van der Waals surface area contributed by atoms with E-state index >= 15 is 0 Å². The number of methoxy groups -OCH3 is 1. The van der Waals surface area contributed by atoms with E-state index in [0.717, 1.165) is 6.07 Å². The lowest BCUT2D eigenvalue weighted by molar-refractivity contribution is -0.137. The van der Waals surface area contributed by atoms with Crippen LogP contribution in [0.2, 0.25) is 0 Å². The number of halogens is 3. The van der Waals surface area contributed by atoms with Gasteiger partial charge >= 0.3 is 6.18 Å². The van der Waals surface area contributed by atoms with Crippen LogP contribution in [0.15, 0.2) is 18.3 Å². The molecule has 3 nitrogen and oxygen atoms in total. The fraction of sp³-hybridized carbons (Fsp3) is 0.583. The summed E-state index contributed by atoms with van der Waals surface area (Å²) in [6, 6.07) is 2.07. The van der Waals surface area contributed by atoms with Gasteiger partial charge in [0.1, 0.15) is 5.82 Å². The van der Waals surface area contributed by atoms with E-state index < -0.39 is 11.7 Å². The molecule has 1 N–H and O–H groups in total. The summed E-state index contributed by atoms with van der Waals surface area (Å²) in [6.07, 6.45) is -3.08. The summed E-state index contributed by atoms with van der Waals surface area (Å²) in [5, 5.41) is 2.80. The largest absolute Gasteiger partial charge is 0.419 e. The molecule has 18 heavy (non-hydrogen) atoms. The molecule has 0 saturated carbocycles. The van der Waals surface area contributed by atoms with Gasteiger partial charge in [0.25, 0.3) is 0 Å².